The number of benzene rings is 1. The number of nitrogens with zero attached hydrogens (tertiary/aromatic N) is 3. The van der Waals surface area contributed by atoms with E-state index in [-0.39, 0.29) is 41.7 Å². The Morgan fingerprint density at radius 2 is 1.80 bits per heavy atom. The number of H-pyrrole nitrogens is 1. The van der Waals surface area contributed by atoms with Gasteiger partial charge in [-0.05, 0) is 79.7 Å². The topological polar surface area (TPSA) is 91.0 Å². The van der Waals surface area contributed by atoms with E-state index < -0.39 is 11.9 Å². The zero-order valence-electron chi connectivity index (χ0n) is 22.1. The molecule has 1 unspecified atom stereocenters. The summed E-state index contributed by atoms with van der Waals surface area (Å²) in [6.07, 6.45) is 2.63. The van der Waals surface area contributed by atoms with Crippen LogP contribution in [0.3, 0.4) is 0 Å². The molecule has 1 aromatic carbocycles. The van der Waals surface area contributed by atoms with Crippen molar-refractivity contribution in [2.75, 3.05) is 13.1 Å². The smallest absolute Gasteiger partial charge is 0.344 e. The Labute approximate surface area is 230 Å². The Kier molecular flexibility index (Phi) is 7.10. The highest BCUT2D eigenvalue weighted by molar-refractivity contribution is 5.92. The molecule has 3 aromatic rings. The summed E-state index contributed by atoms with van der Waals surface area (Å²) >= 11 is 0. The lowest BCUT2D eigenvalue weighted by Gasteiger charge is -2.32. The number of hydrogen-bond acceptors (Lipinski definition) is 4. The van der Waals surface area contributed by atoms with Crippen molar-refractivity contribution < 1.29 is 22.8 Å². The van der Waals surface area contributed by atoms with Gasteiger partial charge < -0.3 is 10.2 Å². The lowest BCUT2D eigenvalue weighted by Crippen LogP contribution is -2.39. The van der Waals surface area contributed by atoms with E-state index in [2.05, 4.69) is 32.6 Å². The van der Waals surface area contributed by atoms with Crippen LogP contribution in [0.2, 0.25) is 0 Å². The minimum atomic E-state index is -4.60. The van der Waals surface area contributed by atoms with E-state index in [1.54, 1.807) is 11.1 Å². The third-order valence-corrected chi connectivity index (χ3v) is 8.49. The molecule has 40 heavy (non-hydrogen) atoms. The first-order valence-electron chi connectivity index (χ1n) is 14.0. The number of aromatic nitrogens is 3. The summed E-state index contributed by atoms with van der Waals surface area (Å²) in [7, 11) is 0. The summed E-state index contributed by atoms with van der Waals surface area (Å²) in [5.41, 5.74) is 3.26. The van der Waals surface area contributed by atoms with E-state index in [9.17, 15) is 22.8 Å². The highest BCUT2D eigenvalue weighted by Gasteiger charge is 2.41. The van der Waals surface area contributed by atoms with Gasteiger partial charge in [0.1, 0.15) is 5.69 Å². The predicted octanol–water partition coefficient (Wildman–Crippen LogP) is 5.46. The number of nitrogens with one attached hydrogen (secondary N) is 2. The lowest BCUT2D eigenvalue weighted by molar-refractivity contribution is -0.142. The first-order valence-corrected chi connectivity index (χ1v) is 14.0. The molecular weight excluding hydrogens is 519 g/mol. The van der Waals surface area contributed by atoms with Crippen molar-refractivity contribution in [3.63, 3.8) is 0 Å². The molecule has 1 saturated carbocycles. The van der Waals surface area contributed by atoms with Crippen LogP contribution in [-0.2, 0) is 23.8 Å². The van der Waals surface area contributed by atoms with Crippen LogP contribution in [0.4, 0.5) is 13.2 Å². The molecule has 2 amide bonds. The molecule has 210 valence electrons. The van der Waals surface area contributed by atoms with E-state index >= 15 is 0 Å². The predicted molar refractivity (Wildman–Crippen MR) is 142 cm³/mol. The van der Waals surface area contributed by atoms with E-state index in [4.69, 9.17) is 0 Å². The van der Waals surface area contributed by atoms with Crippen LogP contribution in [0.5, 0.6) is 0 Å². The number of carbonyl (C=O) groups is 2. The molecule has 10 heteroatoms. The maximum Gasteiger partial charge on any atom is 0.435 e. The Morgan fingerprint density at radius 1 is 1.02 bits per heavy atom. The van der Waals surface area contributed by atoms with Crippen LogP contribution >= 0.6 is 0 Å². The van der Waals surface area contributed by atoms with Gasteiger partial charge in [0.15, 0.2) is 5.69 Å². The minimum Gasteiger partial charge on any atom is -0.344 e. The average Bonchev–Trinajstić information content (AvgIpc) is 3.72. The van der Waals surface area contributed by atoms with Crippen molar-refractivity contribution in [2.24, 2.45) is 0 Å². The van der Waals surface area contributed by atoms with Crippen LogP contribution in [-0.4, -0.2) is 45.0 Å². The summed E-state index contributed by atoms with van der Waals surface area (Å²) in [5, 5.41) is 9.21. The van der Waals surface area contributed by atoms with Crippen LogP contribution < -0.4 is 5.32 Å². The van der Waals surface area contributed by atoms with Crippen LogP contribution in [0.15, 0.2) is 42.6 Å². The summed E-state index contributed by atoms with van der Waals surface area (Å²) in [5.74, 6) is -0.350. The number of aryl methyl sites for hydroxylation is 1. The molecular formula is C30H32F3N5O2. The highest BCUT2D eigenvalue weighted by Crippen LogP contribution is 2.44. The van der Waals surface area contributed by atoms with Crippen LogP contribution in [0, 0.1) is 0 Å². The molecule has 1 saturated heterocycles. The second-order valence-corrected chi connectivity index (χ2v) is 11.2. The Balaban J connectivity index is 1.08. The third kappa shape index (κ3) is 5.48. The fourth-order valence-corrected chi connectivity index (χ4v) is 6.19. The summed E-state index contributed by atoms with van der Waals surface area (Å²) < 4.78 is 40.6. The summed E-state index contributed by atoms with van der Waals surface area (Å²) in [6, 6.07) is 11.9. The average molecular weight is 552 g/mol. The lowest BCUT2D eigenvalue weighted by atomic mass is 9.87. The SMILES string of the molecule is O=C(NC1CCCc2ccccc21)c1cc(C2CCN(C(=O)Cc3c(C(F)(F)F)n[nH]c3C3CC3)CC2)ccn1. The fourth-order valence-electron chi connectivity index (χ4n) is 6.19. The molecule has 1 aliphatic heterocycles. The number of alkyl halides is 3. The van der Waals surface area contributed by atoms with Gasteiger partial charge in [-0.3, -0.25) is 19.7 Å². The number of piperidine rings is 1. The van der Waals surface area contributed by atoms with E-state index in [0.717, 1.165) is 43.2 Å². The number of carbonyl (C=O) groups excluding carboxylic acids is 2. The van der Waals surface area contributed by atoms with Crippen LogP contribution in [0.1, 0.15) is 101 Å². The van der Waals surface area contributed by atoms with Crippen molar-refractivity contribution in [1.82, 2.24) is 25.4 Å². The molecule has 3 aliphatic rings. The summed E-state index contributed by atoms with van der Waals surface area (Å²) in [4.78, 5) is 32.1. The number of fused-ring (bicyclic) bond motifs is 1. The number of rotatable bonds is 6. The van der Waals surface area contributed by atoms with Crippen molar-refractivity contribution in [2.45, 2.75) is 75.4 Å². The van der Waals surface area contributed by atoms with Crippen molar-refractivity contribution in [1.29, 1.82) is 0 Å². The molecule has 1 atom stereocenters. The van der Waals surface area contributed by atoms with Crippen molar-refractivity contribution >= 4 is 11.8 Å². The second-order valence-electron chi connectivity index (χ2n) is 11.2. The zero-order valence-corrected chi connectivity index (χ0v) is 22.1. The standard InChI is InChI=1S/C30H32F3N5O2/c31-30(32,33)28-23(27(36-37-28)20-8-9-20)17-26(39)38-14-11-18(12-15-38)21-10-13-34-25(16-21)29(40)35-24-7-3-5-19-4-1-2-6-22(19)24/h1-2,4,6,10,13,16,18,20,24H,3,5,7-9,11-12,14-15,17H2,(H,35,40)(H,36,37). The minimum absolute atomic E-state index is 0.00694. The molecule has 2 aliphatic carbocycles. The first kappa shape index (κ1) is 26.5. The molecule has 7 nitrogen and oxygen atoms in total. The quantitative estimate of drug-likeness (QED) is 0.426. The molecule has 2 fully saturated rings. The van der Waals surface area contributed by atoms with Gasteiger partial charge >= 0.3 is 6.18 Å². The van der Waals surface area contributed by atoms with E-state index in [1.165, 1.54) is 5.56 Å². The highest BCUT2D eigenvalue weighted by atomic mass is 19.4. The number of hydrogen-bond donors (Lipinski definition) is 2. The van der Waals surface area contributed by atoms with Gasteiger partial charge in [-0.1, -0.05) is 24.3 Å². The largest absolute Gasteiger partial charge is 0.435 e. The van der Waals surface area contributed by atoms with E-state index in [0.29, 0.717) is 37.3 Å². The number of likely N-dealkylation sites (tertiary alicyclic amines) is 1. The number of aromatic amines is 1. The second kappa shape index (κ2) is 10.7. The molecule has 3 heterocycles. The first-order chi connectivity index (χ1) is 19.3. The van der Waals surface area contributed by atoms with Gasteiger partial charge in [0.25, 0.3) is 5.91 Å². The molecule has 0 bridgehead atoms. The molecule has 0 spiro atoms. The molecule has 2 aromatic heterocycles. The Morgan fingerprint density at radius 3 is 2.55 bits per heavy atom. The number of halogens is 3. The fraction of sp³-hybridized carbons (Fsp3) is 0.467. The monoisotopic (exact) mass is 551 g/mol. The van der Waals surface area contributed by atoms with E-state index in [1.807, 2.05) is 24.3 Å². The van der Waals surface area contributed by atoms with Gasteiger partial charge in [0.2, 0.25) is 5.91 Å². The maximum absolute atomic E-state index is 13.5. The molecule has 0 radical (unpaired) electrons. The maximum atomic E-state index is 13.5. The molecule has 6 rings (SSSR count). The van der Waals surface area contributed by atoms with Crippen molar-refractivity contribution in [3.05, 3.63) is 81.9 Å². The van der Waals surface area contributed by atoms with Gasteiger partial charge in [-0.15, -0.1) is 0 Å². The van der Waals surface area contributed by atoms with Gasteiger partial charge in [-0.25, -0.2) is 0 Å². The Hall–Kier alpha value is -3.69. The Bertz CT molecular complexity index is 1410. The number of pyridine rings is 1. The summed E-state index contributed by atoms with van der Waals surface area (Å²) in [6.45, 7) is 0.897. The van der Waals surface area contributed by atoms with Gasteiger partial charge in [0.05, 0.1) is 12.5 Å². The zero-order chi connectivity index (χ0) is 27.9. The number of amides is 2. The third-order valence-electron chi connectivity index (χ3n) is 8.49. The van der Waals surface area contributed by atoms with Gasteiger partial charge in [0, 0.05) is 36.5 Å². The van der Waals surface area contributed by atoms with Crippen molar-refractivity contribution in [3.8, 4) is 0 Å². The van der Waals surface area contributed by atoms with Gasteiger partial charge in [-0.2, -0.15) is 18.3 Å². The van der Waals surface area contributed by atoms with Crippen LogP contribution in [0.25, 0.3) is 0 Å². The normalized spacial score (nSPS) is 19.8. The molecule has 2 N–H and O–H groups in total.